The number of carboxylic acids is 1. The molecule has 0 saturated carbocycles. The van der Waals surface area contributed by atoms with E-state index < -0.39 is 12.0 Å². The number of carbonyl (C=O) groups is 3. The molecule has 0 atom stereocenters. The van der Waals surface area contributed by atoms with E-state index in [4.69, 9.17) is 5.11 Å². The quantitative estimate of drug-likeness (QED) is 0.461. The molecule has 7 heteroatoms. The summed E-state index contributed by atoms with van der Waals surface area (Å²) >= 11 is 0. The molecule has 0 unspecified atom stereocenters. The molecule has 0 aromatic rings. The third kappa shape index (κ3) is 10.5. The minimum absolute atomic E-state index is 0.00805. The van der Waals surface area contributed by atoms with Gasteiger partial charge in [0.15, 0.2) is 0 Å². The molecular weight excluding hydrogens is 226 g/mol. The lowest BCUT2D eigenvalue weighted by atomic mass is 10.3. The monoisotopic (exact) mass is 245 g/mol. The summed E-state index contributed by atoms with van der Waals surface area (Å²) in [7, 11) is 0. The van der Waals surface area contributed by atoms with Crippen LogP contribution in [0.4, 0.5) is 4.79 Å². The Labute approximate surface area is 100.0 Å². The van der Waals surface area contributed by atoms with Crippen LogP contribution in [-0.2, 0) is 9.59 Å². The highest BCUT2D eigenvalue weighted by Crippen LogP contribution is 1.85. The second kappa shape index (κ2) is 8.37. The SMILES string of the molecule is CC(C)NC(=O)CNC(=O)NCCCC(=O)O. The van der Waals surface area contributed by atoms with Crippen LogP contribution in [0.5, 0.6) is 0 Å². The number of aliphatic carboxylic acids is 1. The first-order valence-corrected chi connectivity index (χ1v) is 5.44. The van der Waals surface area contributed by atoms with E-state index in [9.17, 15) is 14.4 Å². The van der Waals surface area contributed by atoms with Gasteiger partial charge in [-0.3, -0.25) is 9.59 Å². The van der Waals surface area contributed by atoms with Crippen LogP contribution in [0.3, 0.4) is 0 Å². The van der Waals surface area contributed by atoms with E-state index in [0.29, 0.717) is 6.42 Å². The average molecular weight is 245 g/mol. The molecule has 0 rings (SSSR count). The van der Waals surface area contributed by atoms with E-state index in [2.05, 4.69) is 16.0 Å². The van der Waals surface area contributed by atoms with Crippen LogP contribution in [0.15, 0.2) is 0 Å². The van der Waals surface area contributed by atoms with Crippen molar-refractivity contribution in [2.75, 3.05) is 13.1 Å². The molecule has 98 valence electrons. The predicted octanol–water partition coefficient (Wildman–Crippen LogP) is -0.325. The average Bonchev–Trinajstić information content (AvgIpc) is 2.20. The van der Waals surface area contributed by atoms with Gasteiger partial charge in [0.2, 0.25) is 5.91 Å². The van der Waals surface area contributed by atoms with Gasteiger partial charge in [-0.15, -0.1) is 0 Å². The maximum Gasteiger partial charge on any atom is 0.315 e. The van der Waals surface area contributed by atoms with Crippen LogP contribution in [0.1, 0.15) is 26.7 Å². The molecule has 0 aliphatic rings. The smallest absolute Gasteiger partial charge is 0.315 e. The summed E-state index contributed by atoms with van der Waals surface area (Å²) in [6.07, 6.45) is 0.370. The van der Waals surface area contributed by atoms with E-state index in [1.165, 1.54) is 0 Å². The standard InChI is InChI=1S/C10H19N3O4/c1-7(2)13-8(14)6-12-10(17)11-5-3-4-9(15)16/h7H,3-6H2,1-2H3,(H,13,14)(H,15,16)(H2,11,12,17). The fourth-order valence-electron chi connectivity index (χ4n) is 1.04. The summed E-state index contributed by atoms with van der Waals surface area (Å²) in [5, 5.41) is 15.8. The Kier molecular flexibility index (Phi) is 7.49. The molecule has 0 saturated heterocycles. The van der Waals surface area contributed by atoms with Crippen LogP contribution in [0.2, 0.25) is 0 Å². The zero-order valence-electron chi connectivity index (χ0n) is 10.1. The number of rotatable bonds is 7. The summed E-state index contributed by atoms with van der Waals surface area (Å²) in [5.74, 6) is -1.16. The zero-order valence-corrected chi connectivity index (χ0v) is 10.1. The van der Waals surface area contributed by atoms with Crippen molar-refractivity contribution in [2.45, 2.75) is 32.7 Å². The van der Waals surface area contributed by atoms with Crippen molar-refractivity contribution < 1.29 is 19.5 Å². The number of nitrogens with one attached hydrogen (secondary N) is 3. The highest BCUT2D eigenvalue weighted by Gasteiger charge is 2.05. The van der Waals surface area contributed by atoms with Crippen LogP contribution in [-0.4, -0.2) is 42.1 Å². The predicted molar refractivity (Wildman–Crippen MR) is 61.5 cm³/mol. The lowest BCUT2D eigenvalue weighted by molar-refractivity contribution is -0.137. The van der Waals surface area contributed by atoms with Crippen molar-refractivity contribution in [3.8, 4) is 0 Å². The van der Waals surface area contributed by atoms with Crippen molar-refractivity contribution in [1.82, 2.24) is 16.0 Å². The summed E-state index contributed by atoms with van der Waals surface area (Å²) in [6.45, 7) is 3.82. The first-order valence-electron chi connectivity index (χ1n) is 5.44. The molecule has 0 aliphatic heterocycles. The topological polar surface area (TPSA) is 108 Å². The highest BCUT2D eigenvalue weighted by atomic mass is 16.4. The van der Waals surface area contributed by atoms with Gasteiger partial charge in [-0.2, -0.15) is 0 Å². The molecule has 3 amide bonds. The van der Waals surface area contributed by atoms with Gasteiger partial charge in [0, 0.05) is 19.0 Å². The Balaban J connectivity index is 3.52. The third-order valence-corrected chi connectivity index (χ3v) is 1.71. The van der Waals surface area contributed by atoms with Crippen molar-refractivity contribution >= 4 is 17.9 Å². The molecule has 0 fully saturated rings. The Morgan fingerprint density at radius 2 is 1.82 bits per heavy atom. The van der Waals surface area contributed by atoms with Gasteiger partial charge in [-0.1, -0.05) is 0 Å². The second-order valence-electron chi connectivity index (χ2n) is 3.83. The summed E-state index contributed by atoms with van der Waals surface area (Å²) in [5.41, 5.74) is 0. The van der Waals surface area contributed by atoms with Crippen molar-refractivity contribution in [1.29, 1.82) is 0 Å². The largest absolute Gasteiger partial charge is 0.481 e. The van der Waals surface area contributed by atoms with E-state index in [1.54, 1.807) is 0 Å². The van der Waals surface area contributed by atoms with Crippen LogP contribution in [0, 0.1) is 0 Å². The minimum Gasteiger partial charge on any atom is -0.481 e. The molecule has 0 radical (unpaired) electrons. The Morgan fingerprint density at radius 1 is 1.18 bits per heavy atom. The second-order valence-corrected chi connectivity index (χ2v) is 3.83. The van der Waals surface area contributed by atoms with Gasteiger partial charge in [-0.05, 0) is 20.3 Å². The molecule has 4 N–H and O–H groups in total. The van der Waals surface area contributed by atoms with Gasteiger partial charge in [-0.25, -0.2) is 4.79 Å². The summed E-state index contributed by atoms with van der Waals surface area (Å²) in [6, 6.07) is -0.447. The van der Waals surface area contributed by atoms with Crippen LogP contribution < -0.4 is 16.0 Å². The lowest BCUT2D eigenvalue weighted by Gasteiger charge is -2.09. The minimum atomic E-state index is -0.900. The van der Waals surface area contributed by atoms with Crippen molar-refractivity contribution in [3.05, 3.63) is 0 Å². The number of hydrogen-bond donors (Lipinski definition) is 4. The third-order valence-electron chi connectivity index (χ3n) is 1.71. The van der Waals surface area contributed by atoms with Gasteiger partial charge in [0.05, 0.1) is 6.54 Å². The van der Waals surface area contributed by atoms with E-state index in [0.717, 1.165) is 0 Å². The molecular formula is C10H19N3O4. The van der Waals surface area contributed by atoms with Gasteiger partial charge < -0.3 is 21.1 Å². The number of carbonyl (C=O) groups excluding carboxylic acids is 2. The fourth-order valence-corrected chi connectivity index (χ4v) is 1.04. The maximum absolute atomic E-state index is 11.1. The Hall–Kier alpha value is -1.79. The number of hydrogen-bond acceptors (Lipinski definition) is 3. The summed E-state index contributed by atoms with van der Waals surface area (Å²) < 4.78 is 0. The lowest BCUT2D eigenvalue weighted by Crippen LogP contribution is -2.43. The van der Waals surface area contributed by atoms with Crippen molar-refractivity contribution in [3.63, 3.8) is 0 Å². The first kappa shape index (κ1) is 15.2. The molecule has 17 heavy (non-hydrogen) atoms. The zero-order chi connectivity index (χ0) is 13.3. The Bertz CT molecular complexity index is 279. The summed E-state index contributed by atoms with van der Waals surface area (Å²) in [4.78, 5) is 32.5. The molecule has 0 aliphatic carbocycles. The van der Waals surface area contributed by atoms with Crippen molar-refractivity contribution in [2.24, 2.45) is 0 Å². The number of carboxylic acid groups (broad SMARTS) is 1. The molecule has 0 spiro atoms. The molecule has 7 nitrogen and oxygen atoms in total. The van der Waals surface area contributed by atoms with Crippen LogP contribution >= 0.6 is 0 Å². The molecule has 0 heterocycles. The van der Waals surface area contributed by atoms with E-state index in [-0.39, 0.29) is 31.5 Å². The number of urea groups is 1. The molecule has 0 bridgehead atoms. The van der Waals surface area contributed by atoms with Gasteiger partial charge in [0.1, 0.15) is 0 Å². The fraction of sp³-hybridized carbons (Fsp3) is 0.700. The van der Waals surface area contributed by atoms with Gasteiger partial charge in [0.25, 0.3) is 0 Å². The first-order chi connectivity index (χ1) is 7.91. The maximum atomic E-state index is 11.1. The molecule has 0 aromatic carbocycles. The Morgan fingerprint density at radius 3 is 2.35 bits per heavy atom. The van der Waals surface area contributed by atoms with E-state index >= 15 is 0 Å². The highest BCUT2D eigenvalue weighted by molar-refractivity contribution is 5.83. The van der Waals surface area contributed by atoms with Gasteiger partial charge >= 0.3 is 12.0 Å². The molecule has 0 aromatic heterocycles. The van der Waals surface area contributed by atoms with Crippen LogP contribution in [0.25, 0.3) is 0 Å². The normalized spacial score (nSPS) is 9.82. The van der Waals surface area contributed by atoms with E-state index in [1.807, 2.05) is 13.8 Å². The number of amides is 3.